The largest absolute Gasteiger partial charge is 0.298 e. The lowest BCUT2D eigenvalue weighted by atomic mass is 9.67. The molecule has 1 aliphatic heterocycles. The third kappa shape index (κ3) is 6.15. The van der Waals surface area contributed by atoms with Crippen LogP contribution in [-0.4, -0.2) is 36.7 Å². The molecule has 1 heterocycles. The van der Waals surface area contributed by atoms with Crippen molar-refractivity contribution in [3.05, 3.63) is 106 Å². The normalized spacial score (nSPS) is 15.8. The van der Waals surface area contributed by atoms with Gasteiger partial charge in [-0.1, -0.05) is 83.4 Å². The number of nitrogens with zero attached hydrogens (tertiary/aromatic N) is 1. The van der Waals surface area contributed by atoms with Crippen LogP contribution in [0.3, 0.4) is 0 Å². The van der Waals surface area contributed by atoms with Crippen LogP contribution in [-0.2, 0) is 34.9 Å². The number of benzene rings is 3. The van der Waals surface area contributed by atoms with Gasteiger partial charge in [-0.05, 0) is 68.8 Å². The molecule has 34 heavy (non-hydrogen) atoms. The second-order valence-electron chi connectivity index (χ2n) is 10.1. The van der Waals surface area contributed by atoms with E-state index >= 15 is 0 Å². The summed E-state index contributed by atoms with van der Waals surface area (Å²) in [6.45, 7) is 8.63. The maximum atomic E-state index is 11.3. The Labute approximate surface area is 204 Å². The van der Waals surface area contributed by atoms with Gasteiger partial charge in [0, 0.05) is 18.5 Å². The monoisotopic (exact) mass is 477 g/mol. The molecule has 0 unspecified atom stereocenters. The van der Waals surface area contributed by atoms with E-state index in [0.717, 1.165) is 25.9 Å². The van der Waals surface area contributed by atoms with E-state index < -0.39 is 10.1 Å². The highest BCUT2D eigenvalue weighted by Crippen LogP contribution is 2.40. The van der Waals surface area contributed by atoms with Crippen LogP contribution in [0, 0.1) is 20.8 Å². The van der Waals surface area contributed by atoms with Crippen LogP contribution in [0.5, 0.6) is 0 Å². The molecular weight excluding hydrogens is 442 g/mol. The highest BCUT2D eigenvalue weighted by Gasteiger charge is 2.40. The minimum Gasteiger partial charge on any atom is -0.298 e. The Morgan fingerprint density at radius 3 is 1.88 bits per heavy atom. The molecule has 0 saturated carbocycles. The Bertz CT molecular complexity index is 1180. The van der Waals surface area contributed by atoms with Crippen molar-refractivity contribution in [2.24, 2.45) is 0 Å². The predicted molar refractivity (Wildman–Crippen MR) is 139 cm³/mol. The zero-order valence-corrected chi connectivity index (χ0v) is 21.2. The fraction of sp³-hybridized carbons (Fsp3) is 0.379. The summed E-state index contributed by atoms with van der Waals surface area (Å²) < 4.78 is 31.9. The standard InChI is InChI=1S/C29H35NO3S/c1-22-5-10-25(11-6-22)18-29(19-26-12-7-23(2)8-13-26)21-30(15-4-16-34(31,32)33)20-27-17-24(3)9-14-28(27)29/h5-14,17H,4,15-16,18-21H2,1-3H3,(H,31,32,33). The SMILES string of the molecule is Cc1ccc(CC2(Cc3ccc(C)cc3)CN(CCCS(=O)(=O)O)Cc3cc(C)ccc32)cc1. The van der Waals surface area contributed by atoms with Crippen molar-refractivity contribution < 1.29 is 13.0 Å². The van der Waals surface area contributed by atoms with Crippen LogP contribution < -0.4 is 0 Å². The summed E-state index contributed by atoms with van der Waals surface area (Å²) >= 11 is 0. The van der Waals surface area contributed by atoms with Crippen molar-refractivity contribution >= 4 is 10.1 Å². The van der Waals surface area contributed by atoms with Gasteiger partial charge >= 0.3 is 0 Å². The first-order valence-electron chi connectivity index (χ1n) is 12.0. The summed E-state index contributed by atoms with van der Waals surface area (Å²) in [5.74, 6) is -0.201. The Kier molecular flexibility index (Phi) is 7.27. The van der Waals surface area contributed by atoms with E-state index in [2.05, 4.69) is 92.4 Å². The molecule has 4 nitrogen and oxygen atoms in total. The van der Waals surface area contributed by atoms with Gasteiger partial charge in [-0.25, -0.2) is 0 Å². The lowest BCUT2D eigenvalue weighted by Crippen LogP contribution is -2.49. The van der Waals surface area contributed by atoms with Gasteiger partial charge in [0.2, 0.25) is 0 Å². The molecule has 0 saturated heterocycles. The molecule has 0 fully saturated rings. The van der Waals surface area contributed by atoms with Gasteiger partial charge in [0.1, 0.15) is 0 Å². The summed E-state index contributed by atoms with van der Waals surface area (Å²) in [6.07, 6.45) is 2.24. The summed E-state index contributed by atoms with van der Waals surface area (Å²) in [5, 5.41) is 0. The highest BCUT2D eigenvalue weighted by molar-refractivity contribution is 7.85. The highest BCUT2D eigenvalue weighted by atomic mass is 32.2. The van der Waals surface area contributed by atoms with Gasteiger partial charge in [0.05, 0.1) is 5.75 Å². The van der Waals surface area contributed by atoms with Gasteiger partial charge in [-0.2, -0.15) is 8.42 Å². The van der Waals surface area contributed by atoms with Crippen LogP contribution in [0.25, 0.3) is 0 Å². The minimum atomic E-state index is -3.95. The fourth-order valence-corrected chi connectivity index (χ4v) is 5.86. The molecule has 1 N–H and O–H groups in total. The van der Waals surface area contributed by atoms with Gasteiger partial charge in [0.15, 0.2) is 0 Å². The fourth-order valence-electron chi connectivity index (χ4n) is 5.37. The van der Waals surface area contributed by atoms with E-state index in [0.29, 0.717) is 13.0 Å². The van der Waals surface area contributed by atoms with Crippen molar-refractivity contribution in [1.82, 2.24) is 4.90 Å². The maximum absolute atomic E-state index is 11.3. The number of hydrogen-bond donors (Lipinski definition) is 1. The Morgan fingerprint density at radius 2 is 1.35 bits per heavy atom. The quantitative estimate of drug-likeness (QED) is 0.440. The van der Waals surface area contributed by atoms with Crippen LogP contribution in [0.15, 0.2) is 66.7 Å². The number of aryl methyl sites for hydroxylation is 3. The van der Waals surface area contributed by atoms with Crippen molar-refractivity contribution in [2.75, 3.05) is 18.8 Å². The molecule has 3 aromatic rings. The predicted octanol–water partition coefficient (Wildman–Crippen LogP) is 5.43. The Hall–Kier alpha value is -2.47. The molecule has 0 spiro atoms. The van der Waals surface area contributed by atoms with Gasteiger partial charge in [-0.15, -0.1) is 0 Å². The third-order valence-electron chi connectivity index (χ3n) is 6.96. The van der Waals surface area contributed by atoms with E-state index in [-0.39, 0.29) is 11.2 Å². The molecule has 5 heteroatoms. The van der Waals surface area contributed by atoms with Gasteiger partial charge in [-0.3, -0.25) is 9.45 Å². The van der Waals surface area contributed by atoms with E-state index in [1.54, 1.807) is 0 Å². The van der Waals surface area contributed by atoms with E-state index in [9.17, 15) is 13.0 Å². The smallest absolute Gasteiger partial charge is 0.264 e. The van der Waals surface area contributed by atoms with Gasteiger partial charge < -0.3 is 0 Å². The summed E-state index contributed by atoms with van der Waals surface area (Å²) in [7, 11) is -3.95. The van der Waals surface area contributed by atoms with E-state index in [4.69, 9.17) is 0 Å². The zero-order valence-electron chi connectivity index (χ0n) is 20.4. The Balaban J connectivity index is 1.75. The number of fused-ring (bicyclic) bond motifs is 1. The lowest BCUT2D eigenvalue weighted by molar-refractivity contribution is 0.172. The average molecular weight is 478 g/mol. The molecule has 0 radical (unpaired) electrons. The zero-order chi connectivity index (χ0) is 24.3. The lowest BCUT2D eigenvalue weighted by Gasteiger charge is -2.45. The summed E-state index contributed by atoms with van der Waals surface area (Å²) in [5.41, 5.74) is 8.93. The molecule has 0 amide bonds. The first-order valence-corrected chi connectivity index (χ1v) is 13.6. The van der Waals surface area contributed by atoms with Crippen molar-refractivity contribution in [1.29, 1.82) is 0 Å². The third-order valence-corrected chi connectivity index (χ3v) is 7.76. The molecule has 0 aliphatic carbocycles. The first-order chi connectivity index (χ1) is 16.1. The number of hydrogen-bond acceptors (Lipinski definition) is 3. The second-order valence-corrected chi connectivity index (χ2v) is 11.7. The van der Waals surface area contributed by atoms with Gasteiger partial charge in [0.25, 0.3) is 10.1 Å². The average Bonchev–Trinajstić information content (AvgIpc) is 2.76. The molecular formula is C29H35NO3S. The molecule has 180 valence electrons. The maximum Gasteiger partial charge on any atom is 0.264 e. The van der Waals surface area contributed by atoms with Crippen LogP contribution >= 0.6 is 0 Å². The molecule has 0 atom stereocenters. The molecule has 0 bridgehead atoms. The van der Waals surface area contributed by atoms with E-state index in [1.807, 2.05) is 0 Å². The van der Waals surface area contributed by atoms with Crippen LogP contribution in [0.4, 0.5) is 0 Å². The summed E-state index contributed by atoms with van der Waals surface area (Å²) in [6, 6.07) is 24.5. The summed E-state index contributed by atoms with van der Waals surface area (Å²) in [4.78, 5) is 2.37. The van der Waals surface area contributed by atoms with E-state index in [1.165, 1.54) is 38.9 Å². The van der Waals surface area contributed by atoms with Crippen molar-refractivity contribution in [3.8, 4) is 0 Å². The minimum absolute atomic E-state index is 0.135. The Morgan fingerprint density at radius 1 is 0.824 bits per heavy atom. The molecule has 3 aromatic carbocycles. The van der Waals surface area contributed by atoms with Crippen molar-refractivity contribution in [3.63, 3.8) is 0 Å². The van der Waals surface area contributed by atoms with Crippen LogP contribution in [0.1, 0.15) is 45.4 Å². The van der Waals surface area contributed by atoms with Crippen molar-refractivity contribution in [2.45, 2.75) is 52.0 Å². The topological polar surface area (TPSA) is 57.6 Å². The second kappa shape index (κ2) is 10.0. The molecule has 4 rings (SSSR count). The molecule has 0 aromatic heterocycles. The number of rotatable bonds is 8. The first kappa shape index (κ1) is 24.6. The van der Waals surface area contributed by atoms with Crippen LogP contribution in [0.2, 0.25) is 0 Å². The molecule has 1 aliphatic rings.